The minimum atomic E-state index is 0.437. The summed E-state index contributed by atoms with van der Waals surface area (Å²) in [5, 5.41) is 9.16. The molecular weight excluding hydrogens is 226 g/mol. The predicted octanol–water partition coefficient (Wildman–Crippen LogP) is 2.43. The lowest BCUT2D eigenvalue weighted by atomic mass is 10.2. The van der Waals surface area contributed by atoms with Crippen LogP contribution in [0.4, 0.5) is 0 Å². The van der Waals surface area contributed by atoms with Crippen molar-refractivity contribution in [3.8, 4) is 11.9 Å². The molecule has 0 aromatic carbocycles. The van der Waals surface area contributed by atoms with E-state index in [4.69, 9.17) is 5.26 Å². The summed E-state index contributed by atoms with van der Waals surface area (Å²) < 4.78 is 1.75. The van der Waals surface area contributed by atoms with Gasteiger partial charge in [0.05, 0.1) is 0 Å². The highest BCUT2D eigenvalue weighted by Gasteiger charge is 2.15. The van der Waals surface area contributed by atoms with Crippen LogP contribution in [0.3, 0.4) is 0 Å². The molecule has 0 bridgehead atoms. The zero-order chi connectivity index (χ0) is 13.1. The first-order valence-electron chi connectivity index (χ1n) is 5.75. The van der Waals surface area contributed by atoms with Crippen LogP contribution in [0.2, 0.25) is 0 Å². The Morgan fingerprint density at radius 3 is 2.83 bits per heavy atom. The van der Waals surface area contributed by atoms with Crippen molar-refractivity contribution in [1.29, 1.82) is 5.26 Å². The Labute approximate surface area is 106 Å². The minimum absolute atomic E-state index is 0.437. The number of carbonyl (C=O) groups excluding carboxylic acids is 1. The molecule has 0 saturated heterocycles. The minimum Gasteiger partial charge on any atom is -0.298 e. The number of aldehydes is 1. The maximum absolute atomic E-state index is 11.0. The summed E-state index contributed by atoms with van der Waals surface area (Å²) in [6.07, 6.45) is 1.46. The van der Waals surface area contributed by atoms with Crippen molar-refractivity contribution < 1.29 is 4.79 Å². The van der Waals surface area contributed by atoms with Crippen molar-refractivity contribution in [3.05, 3.63) is 46.9 Å². The van der Waals surface area contributed by atoms with E-state index < -0.39 is 0 Å². The van der Waals surface area contributed by atoms with E-state index in [9.17, 15) is 4.79 Å². The zero-order valence-electron chi connectivity index (χ0n) is 10.3. The van der Waals surface area contributed by atoms with Gasteiger partial charge in [0.25, 0.3) is 0 Å². The summed E-state index contributed by atoms with van der Waals surface area (Å²) in [6.45, 7) is 3.85. The normalized spacial score (nSPS) is 10.1. The first kappa shape index (κ1) is 12.1. The van der Waals surface area contributed by atoms with Gasteiger partial charge in [0.15, 0.2) is 6.29 Å². The Morgan fingerprint density at radius 1 is 1.50 bits per heavy atom. The molecule has 0 fully saturated rings. The number of pyridine rings is 1. The third-order valence-corrected chi connectivity index (χ3v) is 2.82. The average molecular weight is 239 g/mol. The molecule has 18 heavy (non-hydrogen) atoms. The summed E-state index contributed by atoms with van der Waals surface area (Å²) in [4.78, 5) is 15.4. The van der Waals surface area contributed by atoms with Crippen LogP contribution in [0.15, 0.2) is 24.3 Å². The number of hydrogen-bond donors (Lipinski definition) is 0. The number of nitriles is 1. The van der Waals surface area contributed by atoms with Gasteiger partial charge in [0.1, 0.15) is 17.6 Å². The van der Waals surface area contributed by atoms with Gasteiger partial charge >= 0.3 is 0 Å². The van der Waals surface area contributed by atoms with E-state index in [0.717, 1.165) is 17.7 Å². The third kappa shape index (κ3) is 1.91. The Balaban J connectivity index is 2.73. The van der Waals surface area contributed by atoms with Crippen molar-refractivity contribution in [1.82, 2.24) is 9.55 Å². The van der Waals surface area contributed by atoms with Crippen LogP contribution >= 0.6 is 0 Å². The van der Waals surface area contributed by atoms with Gasteiger partial charge in [-0.05, 0) is 31.5 Å². The Hall–Kier alpha value is -2.41. The van der Waals surface area contributed by atoms with Gasteiger partial charge in [0.2, 0.25) is 0 Å². The van der Waals surface area contributed by atoms with Crippen LogP contribution in [0.25, 0.3) is 5.82 Å². The molecule has 2 aromatic rings. The largest absolute Gasteiger partial charge is 0.298 e. The first-order valence-corrected chi connectivity index (χ1v) is 5.75. The number of nitrogens with zero attached hydrogens (tertiary/aromatic N) is 3. The predicted molar refractivity (Wildman–Crippen MR) is 67.8 cm³/mol. The molecule has 2 heterocycles. The fraction of sp³-hybridized carbons (Fsp3) is 0.214. The standard InChI is InChI=1S/C14H13N3O/c1-3-13-11(9-18)7-12(8-15)17(13)14-6-4-5-10(2)16-14/h4-7,9H,3H2,1-2H3. The van der Waals surface area contributed by atoms with E-state index in [1.807, 2.05) is 32.0 Å². The van der Waals surface area contributed by atoms with Gasteiger partial charge in [-0.15, -0.1) is 0 Å². The highest BCUT2D eigenvalue weighted by Crippen LogP contribution is 2.20. The molecule has 2 aromatic heterocycles. The Kier molecular flexibility index (Phi) is 3.24. The SMILES string of the molecule is CCc1c(C=O)cc(C#N)n1-c1cccc(C)n1. The molecule has 0 N–H and O–H groups in total. The summed E-state index contributed by atoms with van der Waals surface area (Å²) in [5.74, 6) is 0.677. The Bertz CT molecular complexity index is 635. The number of aromatic nitrogens is 2. The van der Waals surface area contributed by atoms with Crippen molar-refractivity contribution in [3.63, 3.8) is 0 Å². The quantitative estimate of drug-likeness (QED) is 0.773. The molecule has 0 aliphatic carbocycles. The molecule has 0 unspecified atom stereocenters. The summed E-state index contributed by atoms with van der Waals surface area (Å²) in [7, 11) is 0. The molecule has 0 radical (unpaired) electrons. The number of carbonyl (C=O) groups is 1. The average Bonchev–Trinajstić information content (AvgIpc) is 2.76. The topological polar surface area (TPSA) is 58.7 Å². The smallest absolute Gasteiger partial charge is 0.151 e. The molecule has 0 saturated carbocycles. The van der Waals surface area contributed by atoms with E-state index in [1.165, 1.54) is 0 Å². The maximum atomic E-state index is 11.0. The molecule has 0 amide bonds. The molecule has 0 spiro atoms. The number of aryl methyl sites for hydroxylation is 1. The fourth-order valence-electron chi connectivity index (χ4n) is 2.03. The molecule has 0 aliphatic heterocycles. The van der Waals surface area contributed by atoms with Crippen molar-refractivity contribution >= 4 is 6.29 Å². The second-order valence-corrected chi connectivity index (χ2v) is 3.99. The zero-order valence-corrected chi connectivity index (χ0v) is 10.3. The summed E-state index contributed by atoms with van der Waals surface area (Å²) >= 11 is 0. The van der Waals surface area contributed by atoms with Crippen LogP contribution in [0.5, 0.6) is 0 Å². The van der Waals surface area contributed by atoms with Gasteiger partial charge in [-0.1, -0.05) is 13.0 Å². The highest BCUT2D eigenvalue weighted by atomic mass is 16.1. The van der Waals surface area contributed by atoms with Gasteiger partial charge in [-0.2, -0.15) is 5.26 Å². The van der Waals surface area contributed by atoms with Crippen LogP contribution in [-0.4, -0.2) is 15.8 Å². The molecule has 4 heteroatoms. The molecule has 0 aliphatic rings. The van der Waals surface area contributed by atoms with Crippen molar-refractivity contribution in [2.45, 2.75) is 20.3 Å². The van der Waals surface area contributed by atoms with Gasteiger partial charge < -0.3 is 0 Å². The van der Waals surface area contributed by atoms with Crippen molar-refractivity contribution in [2.24, 2.45) is 0 Å². The maximum Gasteiger partial charge on any atom is 0.151 e. The second-order valence-electron chi connectivity index (χ2n) is 3.99. The van der Waals surface area contributed by atoms with Crippen molar-refractivity contribution in [2.75, 3.05) is 0 Å². The van der Waals surface area contributed by atoms with E-state index >= 15 is 0 Å². The van der Waals surface area contributed by atoms with E-state index in [2.05, 4.69) is 11.1 Å². The van der Waals surface area contributed by atoms with Crippen LogP contribution in [0, 0.1) is 18.3 Å². The van der Waals surface area contributed by atoms with Gasteiger partial charge in [-0.3, -0.25) is 9.36 Å². The lowest BCUT2D eigenvalue weighted by Gasteiger charge is -2.09. The van der Waals surface area contributed by atoms with E-state index in [1.54, 1.807) is 10.6 Å². The first-order chi connectivity index (χ1) is 8.71. The lowest BCUT2D eigenvalue weighted by molar-refractivity contribution is 0.112. The van der Waals surface area contributed by atoms with Gasteiger partial charge in [0, 0.05) is 17.0 Å². The summed E-state index contributed by atoms with van der Waals surface area (Å²) in [5.41, 5.74) is 2.68. The lowest BCUT2D eigenvalue weighted by Crippen LogP contribution is -2.05. The Morgan fingerprint density at radius 2 is 2.28 bits per heavy atom. The fourth-order valence-corrected chi connectivity index (χ4v) is 2.03. The highest BCUT2D eigenvalue weighted by molar-refractivity contribution is 5.78. The molecule has 4 nitrogen and oxygen atoms in total. The molecule has 2 rings (SSSR count). The monoisotopic (exact) mass is 239 g/mol. The van der Waals surface area contributed by atoms with E-state index in [-0.39, 0.29) is 0 Å². The molecular formula is C14H13N3O. The number of rotatable bonds is 3. The van der Waals surface area contributed by atoms with E-state index in [0.29, 0.717) is 23.5 Å². The van der Waals surface area contributed by atoms with Crippen LogP contribution < -0.4 is 0 Å². The number of hydrogen-bond acceptors (Lipinski definition) is 3. The van der Waals surface area contributed by atoms with Crippen LogP contribution in [-0.2, 0) is 6.42 Å². The third-order valence-electron chi connectivity index (χ3n) is 2.82. The van der Waals surface area contributed by atoms with Gasteiger partial charge in [-0.25, -0.2) is 4.98 Å². The molecule has 90 valence electrons. The second kappa shape index (κ2) is 4.84. The van der Waals surface area contributed by atoms with Crippen LogP contribution in [0.1, 0.15) is 34.4 Å². The summed E-state index contributed by atoms with van der Waals surface area (Å²) in [6, 6.07) is 9.33. The molecule has 0 atom stereocenters.